The predicted octanol–water partition coefficient (Wildman–Crippen LogP) is 2.84. The fourth-order valence-corrected chi connectivity index (χ4v) is 2.20. The van der Waals surface area contributed by atoms with Gasteiger partial charge in [-0.2, -0.15) is 0 Å². The molecule has 3 aromatic rings. The highest BCUT2D eigenvalue weighted by atomic mass is 35.5. The second kappa shape index (κ2) is 4.94. The first-order valence-electron chi connectivity index (χ1n) is 5.88. The number of pyridine rings is 1. The summed E-state index contributed by atoms with van der Waals surface area (Å²) in [6.07, 6.45) is 1.79. The van der Waals surface area contributed by atoms with E-state index in [0.29, 0.717) is 22.1 Å². The normalized spacial score (nSPS) is 10.7. The Morgan fingerprint density at radius 2 is 2.10 bits per heavy atom. The van der Waals surface area contributed by atoms with E-state index in [-0.39, 0.29) is 0 Å². The SMILES string of the molecule is COC(=O)c1cccn2c(-c3cccc(Cl)c3)nnc12. The molecule has 2 aromatic heterocycles. The highest BCUT2D eigenvalue weighted by molar-refractivity contribution is 6.30. The molecular weight excluding hydrogens is 278 g/mol. The Balaban J connectivity index is 2.22. The van der Waals surface area contributed by atoms with Gasteiger partial charge in [0.25, 0.3) is 0 Å². The number of rotatable bonds is 2. The molecule has 0 atom stereocenters. The summed E-state index contributed by atoms with van der Waals surface area (Å²) in [6, 6.07) is 10.7. The van der Waals surface area contributed by atoms with Crippen molar-refractivity contribution < 1.29 is 9.53 Å². The van der Waals surface area contributed by atoms with E-state index in [2.05, 4.69) is 10.2 Å². The van der Waals surface area contributed by atoms with Crippen LogP contribution in [0.15, 0.2) is 42.6 Å². The van der Waals surface area contributed by atoms with Crippen LogP contribution in [-0.2, 0) is 4.74 Å². The van der Waals surface area contributed by atoms with E-state index >= 15 is 0 Å². The Kier molecular flexibility index (Phi) is 3.12. The molecule has 0 radical (unpaired) electrons. The standard InChI is InChI=1S/C14H10ClN3O2/c1-20-14(19)11-6-3-7-18-12(16-17-13(11)18)9-4-2-5-10(15)8-9/h2-8H,1H3. The largest absolute Gasteiger partial charge is 0.465 e. The molecule has 0 aliphatic heterocycles. The summed E-state index contributed by atoms with van der Waals surface area (Å²) in [4.78, 5) is 11.7. The maximum atomic E-state index is 11.7. The highest BCUT2D eigenvalue weighted by Crippen LogP contribution is 2.23. The number of carbonyl (C=O) groups is 1. The van der Waals surface area contributed by atoms with Gasteiger partial charge in [-0.1, -0.05) is 23.7 Å². The van der Waals surface area contributed by atoms with Crippen molar-refractivity contribution in [1.29, 1.82) is 0 Å². The molecular formula is C14H10ClN3O2. The highest BCUT2D eigenvalue weighted by Gasteiger charge is 2.16. The molecule has 1 aromatic carbocycles. The molecule has 0 unspecified atom stereocenters. The first-order chi connectivity index (χ1) is 9.70. The van der Waals surface area contributed by atoms with E-state index in [1.165, 1.54) is 7.11 Å². The number of fused-ring (bicyclic) bond motifs is 1. The number of aromatic nitrogens is 3. The average Bonchev–Trinajstić information content (AvgIpc) is 2.90. The molecule has 0 N–H and O–H groups in total. The minimum Gasteiger partial charge on any atom is -0.465 e. The third kappa shape index (κ3) is 2.02. The topological polar surface area (TPSA) is 56.5 Å². The minimum absolute atomic E-state index is 0.371. The van der Waals surface area contributed by atoms with Gasteiger partial charge in [-0.05, 0) is 24.3 Å². The van der Waals surface area contributed by atoms with Crippen LogP contribution >= 0.6 is 11.6 Å². The van der Waals surface area contributed by atoms with Crippen molar-refractivity contribution >= 4 is 23.2 Å². The molecule has 5 nitrogen and oxygen atoms in total. The Morgan fingerprint density at radius 1 is 1.25 bits per heavy atom. The van der Waals surface area contributed by atoms with Crippen molar-refractivity contribution in [2.24, 2.45) is 0 Å². The van der Waals surface area contributed by atoms with Crippen molar-refractivity contribution in [1.82, 2.24) is 14.6 Å². The lowest BCUT2D eigenvalue weighted by Gasteiger charge is -2.03. The lowest BCUT2D eigenvalue weighted by atomic mass is 10.2. The van der Waals surface area contributed by atoms with Crippen LogP contribution in [0.5, 0.6) is 0 Å². The lowest BCUT2D eigenvalue weighted by Crippen LogP contribution is -2.04. The number of hydrogen-bond acceptors (Lipinski definition) is 4. The lowest BCUT2D eigenvalue weighted by molar-refractivity contribution is 0.0602. The Hall–Kier alpha value is -2.40. The molecule has 20 heavy (non-hydrogen) atoms. The van der Waals surface area contributed by atoms with Crippen molar-refractivity contribution in [3.05, 3.63) is 53.2 Å². The quantitative estimate of drug-likeness (QED) is 0.680. The summed E-state index contributed by atoms with van der Waals surface area (Å²) in [7, 11) is 1.33. The molecule has 6 heteroatoms. The third-order valence-electron chi connectivity index (χ3n) is 2.92. The maximum Gasteiger partial charge on any atom is 0.341 e. The van der Waals surface area contributed by atoms with E-state index < -0.39 is 5.97 Å². The smallest absolute Gasteiger partial charge is 0.341 e. The van der Waals surface area contributed by atoms with Gasteiger partial charge in [-0.3, -0.25) is 4.40 Å². The Bertz CT molecular complexity index is 798. The first-order valence-corrected chi connectivity index (χ1v) is 6.26. The van der Waals surface area contributed by atoms with E-state index in [9.17, 15) is 4.79 Å². The zero-order valence-corrected chi connectivity index (χ0v) is 11.3. The van der Waals surface area contributed by atoms with Gasteiger partial charge in [0.15, 0.2) is 11.5 Å². The minimum atomic E-state index is -0.444. The van der Waals surface area contributed by atoms with Gasteiger partial charge < -0.3 is 4.74 Å². The third-order valence-corrected chi connectivity index (χ3v) is 3.16. The number of nitrogens with zero attached hydrogens (tertiary/aromatic N) is 3. The summed E-state index contributed by atoms with van der Waals surface area (Å²) in [6.45, 7) is 0. The molecule has 0 spiro atoms. The summed E-state index contributed by atoms with van der Waals surface area (Å²) in [5.74, 6) is 0.175. The van der Waals surface area contributed by atoms with Crippen LogP contribution in [0.2, 0.25) is 5.02 Å². The Labute approximate surface area is 119 Å². The van der Waals surface area contributed by atoms with Gasteiger partial charge in [0.05, 0.1) is 7.11 Å². The maximum absolute atomic E-state index is 11.7. The number of halogens is 1. The summed E-state index contributed by atoms with van der Waals surface area (Å²) in [5, 5.41) is 8.81. The molecule has 3 rings (SSSR count). The zero-order valence-electron chi connectivity index (χ0n) is 10.6. The van der Waals surface area contributed by atoms with Crippen LogP contribution in [0.1, 0.15) is 10.4 Å². The van der Waals surface area contributed by atoms with Crippen LogP contribution in [0.25, 0.3) is 17.0 Å². The van der Waals surface area contributed by atoms with E-state index in [4.69, 9.17) is 16.3 Å². The fraction of sp³-hybridized carbons (Fsp3) is 0.0714. The number of hydrogen-bond donors (Lipinski definition) is 0. The molecule has 2 heterocycles. The van der Waals surface area contributed by atoms with Gasteiger partial charge in [-0.15, -0.1) is 10.2 Å². The molecule has 0 aliphatic carbocycles. The van der Waals surface area contributed by atoms with Crippen LogP contribution in [0.3, 0.4) is 0 Å². The molecule has 0 saturated carbocycles. The number of methoxy groups -OCH3 is 1. The van der Waals surface area contributed by atoms with Gasteiger partial charge >= 0.3 is 5.97 Å². The molecule has 0 fully saturated rings. The second-order valence-electron chi connectivity index (χ2n) is 4.14. The monoisotopic (exact) mass is 287 g/mol. The van der Waals surface area contributed by atoms with Gasteiger partial charge in [0.2, 0.25) is 0 Å². The van der Waals surface area contributed by atoms with Crippen LogP contribution in [0, 0.1) is 0 Å². The van der Waals surface area contributed by atoms with E-state index in [1.54, 1.807) is 34.9 Å². The summed E-state index contributed by atoms with van der Waals surface area (Å²) in [5.41, 5.74) is 1.65. The van der Waals surface area contributed by atoms with Gasteiger partial charge in [0.1, 0.15) is 5.56 Å². The summed E-state index contributed by atoms with van der Waals surface area (Å²) >= 11 is 5.99. The number of esters is 1. The molecule has 0 aliphatic rings. The molecule has 100 valence electrons. The van der Waals surface area contributed by atoms with E-state index in [1.807, 2.05) is 12.1 Å². The molecule has 0 saturated heterocycles. The number of benzene rings is 1. The predicted molar refractivity (Wildman–Crippen MR) is 74.8 cm³/mol. The van der Waals surface area contributed by atoms with Crippen molar-refractivity contribution in [3.63, 3.8) is 0 Å². The van der Waals surface area contributed by atoms with Crippen LogP contribution < -0.4 is 0 Å². The molecule has 0 amide bonds. The van der Waals surface area contributed by atoms with Crippen LogP contribution in [0.4, 0.5) is 0 Å². The second-order valence-corrected chi connectivity index (χ2v) is 4.58. The Morgan fingerprint density at radius 3 is 2.85 bits per heavy atom. The van der Waals surface area contributed by atoms with Crippen molar-refractivity contribution in [2.75, 3.05) is 7.11 Å². The fourth-order valence-electron chi connectivity index (χ4n) is 2.01. The van der Waals surface area contributed by atoms with Crippen molar-refractivity contribution in [3.8, 4) is 11.4 Å². The van der Waals surface area contributed by atoms with E-state index in [0.717, 1.165) is 5.56 Å². The summed E-state index contributed by atoms with van der Waals surface area (Å²) < 4.78 is 6.47. The van der Waals surface area contributed by atoms with Gasteiger partial charge in [-0.25, -0.2) is 4.79 Å². The van der Waals surface area contributed by atoms with Gasteiger partial charge in [0, 0.05) is 16.8 Å². The number of ether oxygens (including phenoxy) is 1. The first kappa shape index (κ1) is 12.6. The van der Waals surface area contributed by atoms with Crippen molar-refractivity contribution in [2.45, 2.75) is 0 Å². The molecule has 0 bridgehead atoms. The van der Waals surface area contributed by atoms with Crippen LogP contribution in [-0.4, -0.2) is 27.7 Å². The average molecular weight is 288 g/mol. The number of carbonyl (C=O) groups excluding carboxylic acids is 1. The zero-order chi connectivity index (χ0) is 14.1.